The third-order valence-corrected chi connectivity index (χ3v) is 3.33. The molecule has 0 saturated heterocycles. The van der Waals surface area contributed by atoms with Crippen LogP contribution in [0.3, 0.4) is 0 Å². The van der Waals surface area contributed by atoms with E-state index in [2.05, 4.69) is 27.6 Å². The van der Waals surface area contributed by atoms with Crippen molar-refractivity contribution in [3.05, 3.63) is 21.5 Å². The van der Waals surface area contributed by atoms with Crippen LogP contribution in [0.1, 0.15) is 18.1 Å². The molecule has 0 radical (unpaired) electrons. The van der Waals surface area contributed by atoms with Crippen molar-refractivity contribution in [1.29, 1.82) is 0 Å². The van der Waals surface area contributed by atoms with Crippen molar-refractivity contribution in [1.82, 2.24) is 20.0 Å². The molecule has 1 aromatic rings. The van der Waals surface area contributed by atoms with Crippen molar-refractivity contribution in [2.75, 3.05) is 32.5 Å². The van der Waals surface area contributed by atoms with E-state index in [1.165, 1.54) is 4.68 Å². The van der Waals surface area contributed by atoms with E-state index in [1.54, 1.807) is 7.05 Å². The molecule has 0 aromatic carbocycles. The van der Waals surface area contributed by atoms with E-state index in [-0.39, 0.29) is 5.56 Å². The molecule has 0 aliphatic carbocycles. The topological polar surface area (TPSA) is 62.2 Å². The highest BCUT2D eigenvalue weighted by molar-refractivity contribution is 5.48. The first kappa shape index (κ1) is 14.0. The Morgan fingerprint density at radius 3 is 2.89 bits per heavy atom. The van der Waals surface area contributed by atoms with Crippen LogP contribution >= 0.6 is 0 Å². The lowest BCUT2D eigenvalue weighted by Crippen LogP contribution is -2.37. The summed E-state index contributed by atoms with van der Waals surface area (Å²) in [6.07, 6.45) is 0.857. The lowest BCUT2D eigenvalue weighted by atomic mass is 10.0. The molecule has 1 aromatic heterocycles. The average molecular weight is 265 g/mol. The summed E-state index contributed by atoms with van der Waals surface area (Å²) >= 11 is 0. The number of hydrogen-bond acceptors (Lipinski definition) is 5. The van der Waals surface area contributed by atoms with Crippen molar-refractivity contribution in [3.63, 3.8) is 0 Å². The van der Waals surface area contributed by atoms with E-state index in [4.69, 9.17) is 0 Å². The monoisotopic (exact) mass is 265 g/mol. The van der Waals surface area contributed by atoms with Crippen molar-refractivity contribution in [3.8, 4) is 0 Å². The first-order chi connectivity index (χ1) is 8.99. The molecule has 0 fully saturated rings. The van der Waals surface area contributed by atoms with Gasteiger partial charge in [0.15, 0.2) is 5.82 Å². The Morgan fingerprint density at radius 2 is 2.21 bits per heavy atom. The summed E-state index contributed by atoms with van der Waals surface area (Å²) in [6, 6.07) is 0.291. The minimum Gasteiger partial charge on any atom is -0.365 e. The molecule has 0 spiro atoms. The molecule has 19 heavy (non-hydrogen) atoms. The standard InChI is InChI=1S/C13H23N5O/c1-9(8-17(2)3)15-12-10-5-6-14-7-11(10)13(19)18(4)16-12/h9,14H,5-8H2,1-4H3,(H,15,16). The number of rotatable bonds is 4. The number of aromatic nitrogens is 2. The van der Waals surface area contributed by atoms with Crippen LogP contribution in [0.15, 0.2) is 4.79 Å². The van der Waals surface area contributed by atoms with Gasteiger partial charge in [-0.15, -0.1) is 0 Å². The number of aryl methyl sites for hydroxylation is 1. The van der Waals surface area contributed by atoms with E-state index in [9.17, 15) is 4.79 Å². The van der Waals surface area contributed by atoms with Crippen LogP contribution in [0.4, 0.5) is 5.82 Å². The van der Waals surface area contributed by atoms with Gasteiger partial charge in [-0.25, -0.2) is 4.68 Å². The smallest absolute Gasteiger partial charge is 0.271 e. The van der Waals surface area contributed by atoms with Crippen LogP contribution in [-0.4, -0.2) is 47.9 Å². The maximum Gasteiger partial charge on any atom is 0.271 e. The SMILES string of the molecule is CC(CN(C)C)Nc1nn(C)c(=O)c2c1CCNC2. The fourth-order valence-electron chi connectivity index (χ4n) is 2.54. The van der Waals surface area contributed by atoms with E-state index < -0.39 is 0 Å². The normalized spacial score (nSPS) is 16.3. The van der Waals surface area contributed by atoms with Gasteiger partial charge in [-0.3, -0.25) is 4.79 Å². The first-order valence-electron chi connectivity index (χ1n) is 6.70. The lowest BCUT2D eigenvalue weighted by molar-refractivity contribution is 0.391. The summed E-state index contributed by atoms with van der Waals surface area (Å²) in [5.41, 5.74) is 1.93. The van der Waals surface area contributed by atoms with Crippen LogP contribution in [0.5, 0.6) is 0 Å². The van der Waals surface area contributed by atoms with Crippen molar-refractivity contribution in [2.45, 2.75) is 25.9 Å². The summed E-state index contributed by atoms with van der Waals surface area (Å²) < 4.78 is 1.43. The maximum atomic E-state index is 12.1. The summed E-state index contributed by atoms with van der Waals surface area (Å²) in [5.74, 6) is 0.855. The lowest BCUT2D eigenvalue weighted by Gasteiger charge is -2.24. The quantitative estimate of drug-likeness (QED) is 0.789. The predicted octanol–water partition coefficient (Wildman–Crippen LogP) is -0.212. The number of anilines is 1. The Bertz CT molecular complexity index is 508. The van der Waals surface area contributed by atoms with E-state index in [0.29, 0.717) is 12.6 Å². The van der Waals surface area contributed by atoms with Gasteiger partial charge in [0.05, 0.1) is 0 Å². The van der Waals surface area contributed by atoms with Crippen molar-refractivity contribution >= 4 is 5.82 Å². The molecular weight excluding hydrogens is 242 g/mol. The van der Waals surface area contributed by atoms with Crippen molar-refractivity contribution in [2.24, 2.45) is 7.05 Å². The average Bonchev–Trinajstić information content (AvgIpc) is 2.34. The zero-order chi connectivity index (χ0) is 14.0. The molecule has 1 aliphatic rings. The molecule has 0 bridgehead atoms. The third-order valence-electron chi connectivity index (χ3n) is 3.33. The third kappa shape index (κ3) is 3.13. The van der Waals surface area contributed by atoms with Crippen LogP contribution in [0, 0.1) is 0 Å². The fourth-order valence-corrected chi connectivity index (χ4v) is 2.54. The highest BCUT2D eigenvalue weighted by atomic mass is 16.1. The second-order valence-corrected chi connectivity index (χ2v) is 5.47. The van der Waals surface area contributed by atoms with Gasteiger partial charge in [0.25, 0.3) is 5.56 Å². The largest absolute Gasteiger partial charge is 0.365 e. The second-order valence-electron chi connectivity index (χ2n) is 5.47. The molecule has 1 atom stereocenters. The van der Waals surface area contributed by atoms with Gasteiger partial charge < -0.3 is 15.5 Å². The van der Waals surface area contributed by atoms with Gasteiger partial charge in [0.1, 0.15) is 0 Å². The van der Waals surface area contributed by atoms with Gasteiger partial charge in [-0.2, -0.15) is 5.10 Å². The minimum atomic E-state index is 0.00742. The number of likely N-dealkylation sites (N-methyl/N-ethyl adjacent to an activating group) is 1. The fraction of sp³-hybridized carbons (Fsp3) is 0.692. The van der Waals surface area contributed by atoms with Gasteiger partial charge >= 0.3 is 0 Å². The number of hydrogen-bond donors (Lipinski definition) is 2. The zero-order valence-corrected chi connectivity index (χ0v) is 12.2. The summed E-state index contributed by atoms with van der Waals surface area (Å²) in [5, 5.41) is 11.1. The molecule has 1 unspecified atom stereocenters. The zero-order valence-electron chi connectivity index (χ0n) is 12.2. The van der Waals surface area contributed by atoms with Crippen molar-refractivity contribution < 1.29 is 0 Å². The maximum absolute atomic E-state index is 12.1. The Balaban J connectivity index is 2.30. The van der Waals surface area contributed by atoms with Crippen LogP contribution in [-0.2, 0) is 20.0 Å². The molecule has 0 amide bonds. The van der Waals surface area contributed by atoms with Gasteiger partial charge in [-0.05, 0) is 34.0 Å². The highest BCUT2D eigenvalue weighted by Crippen LogP contribution is 2.18. The molecule has 6 heteroatoms. The van der Waals surface area contributed by atoms with Gasteiger partial charge in [-0.1, -0.05) is 0 Å². The van der Waals surface area contributed by atoms with E-state index in [1.807, 2.05) is 14.1 Å². The molecule has 0 saturated carbocycles. The Labute approximate surface area is 113 Å². The predicted molar refractivity (Wildman–Crippen MR) is 76.5 cm³/mol. The summed E-state index contributed by atoms with van der Waals surface area (Å²) in [4.78, 5) is 14.2. The molecule has 2 heterocycles. The molecule has 6 nitrogen and oxygen atoms in total. The molecule has 2 rings (SSSR count). The summed E-state index contributed by atoms with van der Waals surface area (Å²) in [7, 11) is 5.80. The molecule has 106 valence electrons. The Hall–Kier alpha value is -1.40. The molecule has 1 aliphatic heterocycles. The van der Waals surface area contributed by atoms with E-state index >= 15 is 0 Å². The van der Waals surface area contributed by atoms with E-state index in [0.717, 1.165) is 36.5 Å². The summed E-state index contributed by atoms with van der Waals surface area (Å²) in [6.45, 7) is 4.59. The Morgan fingerprint density at radius 1 is 1.47 bits per heavy atom. The first-order valence-corrected chi connectivity index (χ1v) is 6.70. The molecule has 2 N–H and O–H groups in total. The van der Waals surface area contributed by atoms with Gasteiger partial charge in [0, 0.05) is 37.3 Å². The molecular formula is C13H23N5O. The van der Waals surface area contributed by atoms with Gasteiger partial charge in [0.2, 0.25) is 0 Å². The second kappa shape index (κ2) is 5.71. The van der Waals surface area contributed by atoms with Crippen LogP contribution < -0.4 is 16.2 Å². The number of fused-ring (bicyclic) bond motifs is 1. The van der Waals surface area contributed by atoms with Crippen LogP contribution in [0.25, 0.3) is 0 Å². The minimum absolute atomic E-state index is 0.00742. The number of nitrogens with zero attached hydrogens (tertiary/aromatic N) is 3. The number of nitrogens with one attached hydrogen (secondary N) is 2. The Kier molecular flexibility index (Phi) is 4.21. The van der Waals surface area contributed by atoms with Crippen LogP contribution in [0.2, 0.25) is 0 Å². The highest BCUT2D eigenvalue weighted by Gasteiger charge is 2.20.